The first-order chi connectivity index (χ1) is 10.1. The topological polar surface area (TPSA) is 61.2 Å². The van der Waals surface area contributed by atoms with Crippen molar-refractivity contribution in [1.29, 1.82) is 5.26 Å². The second kappa shape index (κ2) is 7.83. The van der Waals surface area contributed by atoms with Gasteiger partial charge in [-0.05, 0) is 30.9 Å². The summed E-state index contributed by atoms with van der Waals surface area (Å²) in [7, 11) is -3.18. The van der Waals surface area contributed by atoms with E-state index in [-0.39, 0.29) is 5.75 Å². The Kier molecular flexibility index (Phi) is 6.09. The number of rotatable bonds is 7. The van der Waals surface area contributed by atoms with E-state index in [0.29, 0.717) is 31.8 Å². The van der Waals surface area contributed by atoms with Crippen molar-refractivity contribution in [1.82, 2.24) is 4.31 Å². The molecule has 1 aliphatic rings. The highest BCUT2D eigenvalue weighted by molar-refractivity contribution is 7.99. The van der Waals surface area contributed by atoms with Crippen molar-refractivity contribution in [3.8, 4) is 6.07 Å². The summed E-state index contributed by atoms with van der Waals surface area (Å²) >= 11 is 1.79. The van der Waals surface area contributed by atoms with E-state index in [1.165, 1.54) is 4.90 Å². The van der Waals surface area contributed by atoms with Crippen molar-refractivity contribution < 1.29 is 8.42 Å². The van der Waals surface area contributed by atoms with Gasteiger partial charge in [0.25, 0.3) is 0 Å². The molecule has 0 aliphatic carbocycles. The van der Waals surface area contributed by atoms with Gasteiger partial charge in [0, 0.05) is 30.2 Å². The minimum atomic E-state index is -3.18. The van der Waals surface area contributed by atoms with Gasteiger partial charge in [0.15, 0.2) is 0 Å². The molecule has 0 N–H and O–H groups in total. The molecular weight excluding hydrogens is 304 g/mol. The molecule has 1 saturated heterocycles. The Morgan fingerprint density at radius 1 is 1.33 bits per heavy atom. The predicted octanol–water partition coefficient (Wildman–Crippen LogP) is 2.73. The molecule has 114 valence electrons. The summed E-state index contributed by atoms with van der Waals surface area (Å²) in [5.41, 5.74) is 0. The zero-order valence-corrected chi connectivity index (χ0v) is 13.6. The molecule has 21 heavy (non-hydrogen) atoms. The van der Waals surface area contributed by atoms with Gasteiger partial charge >= 0.3 is 0 Å². The van der Waals surface area contributed by atoms with E-state index in [2.05, 4.69) is 12.1 Å². The minimum Gasteiger partial charge on any atom is -0.212 e. The summed E-state index contributed by atoms with van der Waals surface area (Å²) < 4.78 is 25.9. The molecule has 0 spiro atoms. The van der Waals surface area contributed by atoms with Crippen LogP contribution in [0, 0.1) is 17.2 Å². The van der Waals surface area contributed by atoms with Gasteiger partial charge in [0.2, 0.25) is 10.0 Å². The Bertz CT molecular complexity index is 581. The first-order valence-corrected chi connectivity index (χ1v) is 9.74. The summed E-state index contributed by atoms with van der Waals surface area (Å²) in [6.07, 6.45) is 1.66. The maximum absolute atomic E-state index is 12.1. The van der Waals surface area contributed by atoms with Crippen LogP contribution in [-0.4, -0.2) is 37.3 Å². The lowest BCUT2D eigenvalue weighted by Gasteiger charge is -2.16. The lowest BCUT2D eigenvalue weighted by Crippen LogP contribution is -2.31. The van der Waals surface area contributed by atoms with E-state index in [0.717, 1.165) is 12.2 Å². The molecule has 2 rings (SSSR count). The number of nitrogens with zero attached hydrogens (tertiary/aromatic N) is 2. The molecule has 0 bridgehead atoms. The van der Waals surface area contributed by atoms with Gasteiger partial charge in [-0.2, -0.15) is 5.26 Å². The quantitative estimate of drug-likeness (QED) is 0.571. The number of hydrogen-bond donors (Lipinski definition) is 0. The van der Waals surface area contributed by atoms with Crippen LogP contribution in [0.25, 0.3) is 0 Å². The average molecular weight is 324 g/mol. The Balaban J connectivity index is 1.79. The van der Waals surface area contributed by atoms with Crippen molar-refractivity contribution in [2.24, 2.45) is 5.92 Å². The molecule has 1 heterocycles. The second-order valence-electron chi connectivity index (χ2n) is 5.21. The third-order valence-corrected chi connectivity index (χ3v) is 6.73. The number of benzene rings is 1. The fraction of sp³-hybridized carbons (Fsp3) is 0.533. The van der Waals surface area contributed by atoms with Crippen LogP contribution in [0.3, 0.4) is 0 Å². The SMILES string of the molecule is N#CCCCS(=O)(=O)N1CC[C@@H](CSc2ccccc2)C1. The second-order valence-corrected chi connectivity index (χ2v) is 8.40. The maximum atomic E-state index is 12.1. The standard InChI is InChI=1S/C15H20N2O2S2/c16-9-4-5-11-21(18,19)17-10-8-14(12-17)13-20-15-6-2-1-3-7-15/h1-3,6-7,14H,4-5,8,10-13H2/t14-/m1/s1. The lowest BCUT2D eigenvalue weighted by atomic mass is 10.2. The molecule has 0 unspecified atom stereocenters. The zero-order chi connectivity index (χ0) is 15.1. The minimum absolute atomic E-state index is 0.0963. The van der Waals surface area contributed by atoms with Crippen LogP contribution < -0.4 is 0 Å². The molecule has 0 amide bonds. The van der Waals surface area contributed by atoms with Crippen LogP contribution in [0.2, 0.25) is 0 Å². The highest BCUT2D eigenvalue weighted by Crippen LogP contribution is 2.27. The molecule has 1 fully saturated rings. The number of unbranched alkanes of at least 4 members (excludes halogenated alkanes) is 1. The van der Waals surface area contributed by atoms with Crippen molar-refractivity contribution in [2.75, 3.05) is 24.6 Å². The maximum Gasteiger partial charge on any atom is 0.214 e. The van der Waals surface area contributed by atoms with Gasteiger partial charge < -0.3 is 0 Å². The van der Waals surface area contributed by atoms with Crippen LogP contribution in [0.4, 0.5) is 0 Å². The molecule has 0 saturated carbocycles. The van der Waals surface area contributed by atoms with Crippen molar-refractivity contribution >= 4 is 21.8 Å². The monoisotopic (exact) mass is 324 g/mol. The summed E-state index contributed by atoms with van der Waals surface area (Å²) in [5.74, 6) is 1.47. The number of nitriles is 1. The third kappa shape index (κ3) is 5.03. The van der Waals surface area contributed by atoms with Crippen LogP contribution >= 0.6 is 11.8 Å². The fourth-order valence-corrected chi connectivity index (χ4v) is 5.02. The normalized spacial score (nSPS) is 19.5. The van der Waals surface area contributed by atoms with E-state index < -0.39 is 10.0 Å². The molecule has 6 heteroatoms. The van der Waals surface area contributed by atoms with Crippen LogP contribution in [0.5, 0.6) is 0 Å². The molecule has 0 aromatic heterocycles. The van der Waals surface area contributed by atoms with Gasteiger partial charge in [-0.25, -0.2) is 12.7 Å². The van der Waals surface area contributed by atoms with E-state index >= 15 is 0 Å². The number of hydrogen-bond acceptors (Lipinski definition) is 4. The largest absolute Gasteiger partial charge is 0.214 e. The van der Waals surface area contributed by atoms with E-state index in [9.17, 15) is 8.42 Å². The first kappa shape index (κ1) is 16.3. The molecule has 1 aromatic carbocycles. The smallest absolute Gasteiger partial charge is 0.212 e. The van der Waals surface area contributed by atoms with Crippen molar-refractivity contribution in [3.05, 3.63) is 30.3 Å². The number of thioether (sulfide) groups is 1. The van der Waals surface area contributed by atoms with E-state index in [1.807, 2.05) is 24.3 Å². The van der Waals surface area contributed by atoms with Gasteiger partial charge in [-0.15, -0.1) is 11.8 Å². The molecular formula is C15H20N2O2S2. The van der Waals surface area contributed by atoms with Gasteiger partial charge in [-0.1, -0.05) is 18.2 Å². The summed E-state index contributed by atoms with van der Waals surface area (Å²) in [6, 6.07) is 12.2. The van der Waals surface area contributed by atoms with Gasteiger partial charge in [-0.3, -0.25) is 0 Å². The Hall–Kier alpha value is -1.03. The summed E-state index contributed by atoms with van der Waals surface area (Å²) in [6.45, 7) is 1.24. The highest BCUT2D eigenvalue weighted by Gasteiger charge is 2.30. The van der Waals surface area contributed by atoms with Crippen LogP contribution in [0.15, 0.2) is 35.2 Å². The highest BCUT2D eigenvalue weighted by atomic mass is 32.2. The van der Waals surface area contributed by atoms with E-state index in [1.54, 1.807) is 16.1 Å². The molecule has 1 aliphatic heterocycles. The zero-order valence-electron chi connectivity index (χ0n) is 11.9. The summed E-state index contributed by atoms with van der Waals surface area (Å²) in [5, 5.41) is 8.49. The van der Waals surface area contributed by atoms with E-state index in [4.69, 9.17) is 5.26 Å². The average Bonchev–Trinajstić information content (AvgIpc) is 2.96. The molecule has 4 nitrogen and oxygen atoms in total. The molecule has 0 radical (unpaired) electrons. The predicted molar refractivity (Wildman–Crippen MR) is 85.5 cm³/mol. The van der Waals surface area contributed by atoms with Crippen molar-refractivity contribution in [3.63, 3.8) is 0 Å². The Morgan fingerprint density at radius 2 is 2.10 bits per heavy atom. The van der Waals surface area contributed by atoms with Crippen LogP contribution in [-0.2, 0) is 10.0 Å². The fourth-order valence-electron chi connectivity index (χ4n) is 2.38. The first-order valence-electron chi connectivity index (χ1n) is 7.14. The van der Waals surface area contributed by atoms with Crippen molar-refractivity contribution in [2.45, 2.75) is 24.2 Å². The lowest BCUT2D eigenvalue weighted by molar-refractivity contribution is 0.464. The summed E-state index contributed by atoms with van der Waals surface area (Å²) in [4.78, 5) is 1.23. The third-order valence-electron chi connectivity index (χ3n) is 3.56. The van der Waals surface area contributed by atoms with Crippen LogP contribution in [0.1, 0.15) is 19.3 Å². The molecule has 1 aromatic rings. The van der Waals surface area contributed by atoms with Gasteiger partial charge in [0.1, 0.15) is 0 Å². The Labute approximate surface area is 131 Å². The number of sulfonamides is 1. The Morgan fingerprint density at radius 3 is 2.81 bits per heavy atom. The van der Waals surface area contributed by atoms with Gasteiger partial charge in [0.05, 0.1) is 11.8 Å². The molecule has 1 atom stereocenters.